The van der Waals surface area contributed by atoms with Crippen molar-refractivity contribution in [3.8, 4) is 0 Å². The average Bonchev–Trinajstić information content (AvgIpc) is 3.20. The van der Waals surface area contributed by atoms with Crippen molar-refractivity contribution in [2.45, 2.75) is 19.5 Å². The molecule has 1 amide bonds. The fourth-order valence-corrected chi connectivity index (χ4v) is 2.69. The van der Waals surface area contributed by atoms with Crippen molar-refractivity contribution in [1.29, 1.82) is 0 Å². The van der Waals surface area contributed by atoms with E-state index < -0.39 is 4.92 Å². The van der Waals surface area contributed by atoms with Crippen LogP contribution in [0.15, 0.2) is 47.3 Å². The molecule has 0 aliphatic heterocycles. The number of carbonyl (C=O) groups is 1. The van der Waals surface area contributed by atoms with Crippen LogP contribution in [0, 0.1) is 10.1 Å². The van der Waals surface area contributed by atoms with E-state index in [1.807, 2.05) is 30.3 Å². The van der Waals surface area contributed by atoms with Crippen molar-refractivity contribution in [3.05, 3.63) is 63.0 Å². The molecular weight excluding hydrogens is 406 g/mol. The van der Waals surface area contributed by atoms with Gasteiger partial charge in [-0.1, -0.05) is 30.3 Å². The molecule has 1 aromatic carbocycles. The van der Waals surface area contributed by atoms with E-state index in [1.54, 1.807) is 4.68 Å². The molecule has 0 aliphatic carbocycles. The van der Waals surface area contributed by atoms with E-state index in [0.29, 0.717) is 6.54 Å². The Labute approximate surface area is 156 Å². The van der Waals surface area contributed by atoms with E-state index >= 15 is 0 Å². The first-order chi connectivity index (χ1) is 12.5. The average molecular weight is 420 g/mol. The highest BCUT2D eigenvalue weighted by atomic mass is 79.9. The number of nitro groups is 1. The van der Waals surface area contributed by atoms with Crippen LogP contribution in [-0.4, -0.2) is 35.4 Å². The van der Waals surface area contributed by atoms with E-state index in [9.17, 15) is 14.9 Å². The summed E-state index contributed by atoms with van der Waals surface area (Å²) >= 11 is 3.06. The van der Waals surface area contributed by atoms with E-state index in [4.69, 9.17) is 0 Å². The number of hydrogen-bond acceptors (Lipinski definition) is 6. The highest BCUT2D eigenvalue weighted by molar-refractivity contribution is 9.10. The van der Waals surface area contributed by atoms with Gasteiger partial charge in [-0.25, -0.2) is 9.67 Å². The molecule has 2 heterocycles. The monoisotopic (exact) mass is 419 g/mol. The summed E-state index contributed by atoms with van der Waals surface area (Å²) in [7, 11) is 0. The Morgan fingerprint density at radius 1 is 1.23 bits per heavy atom. The summed E-state index contributed by atoms with van der Waals surface area (Å²) in [6, 6.07) is 9.76. The Kier molecular flexibility index (Phi) is 5.37. The van der Waals surface area contributed by atoms with Crippen molar-refractivity contribution in [2.75, 3.05) is 5.32 Å². The first-order valence-electron chi connectivity index (χ1n) is 7.62. The van der Waals surface area contributed by atoms with Gasteiger partial charge in [0.25, 0.3) is 0 Å². The largest absolute Gasteiger partial charge is 0.404 e. The standard InChI is InChI=1S/C15H14BrN7O3/c16-12-9-21(19-14(12)23(25)26)7-6-13(24)18-15-17-10-22(20-15)8-11-4-2-1-3-5-11/h1-5,9-10H,6-8H2,(H,18,20,24). The van der Waals surface area contributed by atoms with Gasteiger partial charge in [0.1, 0.15) is 10.8 Å². The molecule has 0 radical (unpaired) electrons. The molecule has 134 valence electrons. The molecule has 26 heavy (non-hydrogen) atoms. The Bertz CT molecular complexity index is 922. The number of anilines is 1. The number of aromatic nitrogens is 5. The second-order valence-electron chi connectivity index (χ2n) is 5.37. The molecule has 0 saturated carbocycles. The van der Waals surface area contributed by atoms with Gasteiger partial charge in [0.2, 0.25) is 11.9 Å². The summed E-state index contributed by atoms with van der Waals surface area (Å²) in [5.74, 6) is -0.387. The molecule has 0 saturated heterocycles. The van der Waals surface area contributed by atoms with Crippen molar-refractivity contribution in [2.24, 2.45) is 0 Å². The zero-order chi connectivity index (χ0) is 18.5. The minimum atomic E-state index is -0.593. The normalized spacial score (nSPS) is 10.7. The number of rotatable bonds is 7. The summed E-state index contributed by atoms with van der Waals surface area (Å²) in [4.78, 5) is 26.2. The molecule has 10 nitrogen and oxygen atoms in total. The highest BCUT2D eigenvalue weighted by Crippen LogP contribution is 2.22. The fraction of sp³-hybridized carbons (Fsp3) is 0.200. The van der Waals surface area contributed by atoms with E-state index in [1.165, 1.54) is 17.2 Å². The lowest BCUT2D eigenvalue weighted by Gasteiger charge is -2.01. The van der Waals surface area contributed by atoms with Crippen LogP contribution in [0.4, 0.5) is 11.8 Å². The maximum atomic E-state index is 12.0. The predicted molar refractivity (Wildman–Crippen MR) is 95.4 cm³/mol. The molecule has 0 unspecified atom stereocenters. The maximum Gasteiger partial charge on any atom is 0.404 e. The number of amides is 1. The van der Waals surface area contributed by atoms with Crippen molar-refractivity contribution < 1.29 is 9.72 Å². The van der Waals surface area contributed by atoms with Gasteiger partial charge in [-0.2, -0.15) is 4.68 Å². The minimum Gasteiger partial charge on any atom is -0.358 e. The van der Waals surface area contributed by atoms with Gasteiger partial charge < -0.3 is 10.1 Å². The highest BCUT2D eigenvalue weighted by Gasteiger charge is 2.19. The Morgan fingerprint density at radius 3 is 2.69 bits per heavy atom. The quantitative estimate of drug-likeness (QED) is 0.462. The predicted octanol–water partition coefficient (Wildman–Crippen LogP) is 2.22. The Morgan fingerprint density at radius 2 is 2.00 bits per heavy atom. The molecule has 2 aromatic heterocycles. The Balaban J connectivity index is 1.52. The van der Waals surface area contributed by atoms with Gasteiger partial charge in [0.05, 0.1) is 24.4 Å². The number of benzene rings is 1. The molecule has 0 bridgehead atoms. The van der Waals surface area contributed by atoms with Crippen molar-refractivity contribution in [3.63, 3.8) is 0 Å². The third-order valence-electron chi connectivity index (χ3n) is 3.42. The van der Waals surface area contributed by atoms with Gasteiger partial charge in [-0.15, -0.1) is 5.10 Å². The molecule has 0 spiro atoms. The molecule has 3 rings (SSSR count). The van der Waals surface area contributed by atoms with Crippen LogP contribution in [0.3, 0.4) is 0 Å². The van der Waals surface area contributed by atoms with Gasteiger partial charge in [-0.05, 0) is 26.4 Å². The molecule has 11 heteroatoms. The van der Waals surface area contributed by atoms with Crippen LogP contribution < -0.4 is 5.32 Å². The number of nitrogens with one attached hydrogen (secondary N) is 1. The lowest BCUT2D eigenvalue weighted by atomic mass is 10.2. The number of halogens is 1. The van der Waals surface area contributed by atoms with Crippen LogP contribution in [0.1, 0.15) is 12.0 Å². The van der Waals surface area contributed by atoms with Gasteiger partial charge in [-0.3, -0.25) is 10.1 Å². The summed E-state index contributed by atoms with van der Waals surface area (Å²) < 4.78 is 3.23. The van der Waals surface area contributed by atoms with E-state index in [0.717, 1.165) is 5.56 Å². The van der Waals surface area contributed by atoms with Crippen LogP contribution >= 0.6 is 15.9 Å². The molecule has 0 aliphatic rings. The first-order valence-corrected chi connectivity index (χ1v) is 8.41. The molecular formula is C15H14BrN7O3. The van der Waals surface area contributed by atoms with Crippen LogP contribution in [-0.2, 0) is 17.9 Å². The van der Waals surface area contributed by atoms with Crippen LogP contribution in [0.5, 0.6) is 0 Å². The second-order valence-corrected chi connectivity index (χ2v) is 6.22. The molecule has 3 aromatic rings. The molecule has 0 atom stereocenters. The number of hydrogen-bond donors (Lipinski definition) is 1. The van der Waals surface area contributed by atoms with Gasteiger partial charge in [0, 0.05) is 6.42 Å². The molecule has 1 N–H and O–H groups in total. The summed E-state index contributed by atoms with van der Waals surface area (Å²) in [6.07, 6.45) is 3.08. The first kappa shape index (κ1) is 17.7. The lowest BCUT2D eigenvalue weighted by Crippen LogP contribution is -2.16. The number of carbonyl (C=O) groups excluding carboxylic acids is 1. The SMILES string of the molecule is O=C(CCn1cc(Br)c([N+](=O)[O-])n1)Nc1ncn(Cc2ccccc2)n1. The summed E-state index contributed by atoms with van der Waals surface area (Å²) in [5, 5.41) is 21.3. The zero-order valence-electron chi connectivity index (χ0n) is 13.4. The second kappa shape index (κ2) is 7.87. The number of nitrogens with zero attached hydrogens (tertiary/aromatic N) is 6. The number of aryl methyl sites for hydroxylation is 1. The smallest absolute Gasteiger partial charge is 0.358 e. The topological polar surface area (TPSA) is 121 Å². The summed E-state index contributed by atoms with van der Waals surface area (Å²) in [5.41, 5.74) is 1.07. The maximum absolute atomic E-state index is 12.0. The van der Waals surface area contributed by atoms with Crippen LogP contribution in [0.2, 0.25) is 0 Å². The van der Waals surface area contributed by atoms with Crippen LogP contribution in [0.25, 0.3) is 0 Å². The van der Waals surface area contributed by atoms with E-state index in [-0.39, 0.29) is 35.1 Å². The zero-order valence-corrected chi connectivity index (χ0v) is 15.0. The van der Waals surface area contributed by atoms with Gasteiger partial charge in [0.15, 0.2) is 0 Å². The van der Waals surface area contributed by atoms with Crippen molar-refractivity contribution >= 4 is 33.6 Å². The summed E-state index contributed by atoms with van der Waals surface area (Å²) in [6.45, 7) is 0.748. The minimum absolute atomic E-state index is 0.0818. The fourth-order valence-electron chi connectivity index (χ4n) is 2.23. The van der Waals surface area contributed by atoms with Crippen molar-refractivity contribution in [1.82, 2.24) is 24.5 Å². The lowest BCUT2D eigenvalue weighted by molar-refractivity contribution is -0.390. The van der Waals surface area contributed by atoms with E-state index in [2.05, 4.69) is 36.4 Å². The third-order valence-corrected chi connectivity index (χ3v) is 3.97. The molecule has 0 fully saturated rings. The Hall–Kier alpha value is -3.08. The third kappa shape index (κ3) is 4.51. The van der Waals surface area contributed by atoms with Gasteiger partial charge >= 0.3 is 5.82 Å².